The average molecular weight is 405 g/mol. The SMILES string of the molecule is CCc1ccc(CCC(=O)N2CCN(S(=O)(=O)c3cccc(F)c3)CC2)cc1. The Balaban J connectivity index is 1.53. The maximum Gasteiger partial charge on any atom is 0.243 e. The molecule has 7 heteroatoms. The molecule has 0 saturated carbocycles. The summed E-state index contributed by atoms with van der Waals surface area (Å²) in [5.74, 6) is -0.552. The quantitative estimate of drug-likeness (QED) is 0.744. The first-order valence-corrected chi connectivity index (χ1v) is 11.0. The highest BCUT2D eigenvalue weighted by molar-refractivity contribution is 7.89. The second-order valence-corrected chi connectivity index (χ2v) is 8.85. The van der Waals surface area contributed by atoms with E-state index in [1.165, 1.54) is 28.1 Å². The lowest BCUT2D eigenvalue weighted by Gasteiger charge is -2.34. The number of nitrogens with zero attached hydrogens (tertiary/aromatic N) is 2. The standard InChI is InChI=1S/C21H25FN2O3S/c1-2-17-6-8-18(9-7-17)10-11-21(25)23-12-14-24(15-13-23)28(26,27)20-5-3-4-19(22)16-20/h3-9,16H,2,10-15H2,1H3. The van der Waals surface area contributed by atoms with Gasteiger partial charge in [0, 0.05) is 32.6 Å². The minimum Gasteiger partial charge on any atom is -0.340 e. The van der Waals surface area contributed by atoms with Crippen LogP contribution in [0.15, 0.2) is 53.4 Å². The van der Waals surface area contributed by atoms with Crippen molar-refractivity contribution in [3.63, 3.8) is 0 Å². The van der Waals surface area contributed by atoms with Crippen molar-refractivity contribution >= 4 is 15.9 Å². The summed E-state index contributed by atoms with van der Waals surface area (Å²) < 4.78 is 39.9. The van der Waals surface area contributed by atoms with Gasteiger partial charge in [0.25, 0.3) is 0 Å². The second kappa shape index (κ2) is 8.84. The van der Waals surface area contributed by atoms with Crippen molar-refractivity contribution < 1.29 is 17.6 Å². The molecule has 0 N–H and O–H groups in total. The van der Waals surface area contributed by atoms with Gasteiger partial charge in [0.05, 0.1) is 4.90 Å². The van der Waals surface area contributed by atoms with E-state index in [9.17, 15) is 17.6 Å². The van der Waals surface area contributed by atoms with Gasteiger partial charge in [-0.25, -0.2) is 12.8 Å². The van der Waals surface area contributed by atoms with Gasteiger partial charge in [-0.05, 0) is 42.2 Å². The van der Waals surface area contributed by atoms with Crippen LogP contribution in [0.3, 0.4) is 0 Å². The Bertz CT molecular complexity index is 921. The lowest BCUT2D eigenvalue weighted by molar-refractivity contribution is -0.132. The molecule has 5 nitrogen and oxygen atoms in total. The van der Waals surface area contributed by atoms with Crippen molar-refractivity contribution in [1.29, 1.82) is 0 Å². The molecule has 150 valence electrons. The van der Waals surface area contributed by atoms with E-state index in [-0.39, 0.29) is 23.9 Å². The molecule has 0 atom stereocenters. The van der Waals surface area contributed by atoms with Crippen molar-refractivity contribution in [3.05, 3.63) is 65.5 Å². The van der Waals surface area contributed by atoms with Gasteiger partial charge in [-0.15, -0.1) is 0 Å². The van der Waals surface area contributed by atoms with Crippen LogP contribution >= 0.6 is 0 Å². The average Bonchev–Trinajstić information content (AvgIpc) is 2.72. The summed E-state index contributed by atoms with van der Waals surface area (Å²) in [7, 11) is -3.74. The predicted molar refractivity (Wildman–Crippen MR) is 106 cm³/mol. The normalized spacial score (nSPS) is 15.6. The van der Waals surface area contributed by atoms with Crippen LogP contribution in [-0.2, 0) is 27.7 Å². The molecule has 1 aliphatic heterocycles. The Labute approximate surface area is 165 Å². The summed E-state index contributed by atoms with van der Waals surface area (Å²) in [4.78, 5) is 14.1. The minimum atomic E-state index is -3.74. The van der Waals surface area contributed by atoms with Crippen LogP contribution in [0, 0.1) is 5.82 Å². The second-order valence-electron chi connectivity index (χ2n) is 6.91. The fourth-order valence-corrected chi connectivity index (χ4v) is 4.76. The third kappa shape index (κ3) is 4.77. The zero-order valence-corrected chi connectivity index (χ0v) is 16.8. The molecule has 0 unspecified atom stereocenters. The lowest BCUT2D eigenvalue weighted by Crippen LogP contribution is -2.50. The number of carbonyl (C=O) groups is 1. The number of aryl methyl sites for hydroxylation is 2. The van der Waals surface area contributed by atoms with Crippen LogP contribution in [0.5, 0.6) is 0 Å². The Morgan fingerprint density at radius 1 is 1.00 bits per heavy atom. The highest BCUT2D eigenvalue weighted by atomic mass is 32.2. The monoisotopic (exact) mass is 404 g/mol. The van der Waals surface area contributed by atoms with Crippen molar-refractivity contribution in [2.75, 3.05) is 26.2 Å². The summed E-state index contributed by atoms with van der Waals surface area (Å²) in [6.45, 7) is 3.24. The van der Waals surface area contributed by atoms with Crippen molar-refractivity contribution in [3.8, 4) is 0 Å². The fourth-order valence-electron chi connectivity index (χ4n) is 3.31. The van der Waals surface area contributed by atoms with Crippen LogP contribution in [0.2, 0.25) is 0 Å². The van der Waals surface area contributed by atoms with Crippen LogP contribution in [0.1, 0.15) is 24.5 Å². The highest BCUT2D eigenvalue weighted by Crippen LogP contribution is 2.19. The molecular formula is C21H25FN2O3S. The molecule has 0 aromatic heterocycles. The molecule has 1 saturated heterocycles. The topological polar surface area (TPSA) is 57.7 Å². The summed E-state index contributed by atoms with van der Waals surface area (Å²) in [5, 5.41) is 0. The molecule has 2 aromatic rings. The Hall–Kier alpha value is -2.25. The van der Waals surface area contributed by atoms with Gasteiger partial charge in [-0.2, -0.15) is 4.31 Å². The van der Waals surface area contributed by atoms with Gasteiger partial charge in [-0.3, -0.25) is 4.79 Å². The van der Waals surface area contributed by atoms with E-state index in [0.717, 1.165) is 18.1 Å². The Morgan fingerprint density at radius 2 is 1.64 bits per heavy atom. The van der Waals surface area contributed by atoms with E-state index >= 15 is 0 Å². The fraction of sp³-hybridized carbons (Fsp3) is 0.381. The number of piperazine rings is 1. The summed E-state index contributed by atoms with van der Waals surface area (Å²) in [5.41, 5.74) is 2.39. The van der Waals surface area contributed by atoms with Crippen LogP contribution < -0.4 is 0 Å². The molecule has 1 aliphatic rings. The predicted octanol–water partition coefficient (Wildman–Crippen LogP) is 2.85. The molecule has 1 heterocycles. The van der Waals surface area contributed by atoms with Gasteiger partial charge >= 0.3 is 0 Å². The zero-order valence-electron chi connectivity index (χ0n) is 16.0. The van der Waals surface area contributed by atoms with Crippen LogP contribution in [0.25, 0.3) is 0 Å². The van der Waals surface area contributed by atoms with E-state index in [2.05, 4.69) is 31.2 Å². The molecule has 0 radical (unpaired) electrons. The molecule has 0 spiro atoms. The maximum absolute atomic E-state index is 13.4. The molecule has 2 aromatic carbocycles. The number of halogens is 1. The first-order valence-electron chi connectivity index (χ1n) is 9.51. The highest BCUT2D eigenvalue weighted by Gasteiger charge is 2.30. The van der Waals surface area contributed by atoms with Crippen molar-refractivity contribution in [2.24, 2.45) is 0 Å². The van der Waals surface area contributed by atoms with Crippen LogP contribution in [0.4, 0.5) is 4.39 Å². The number of hydrogen-bond donors (Lipinski definition) is 0. The van der Waals surface area contributed by atoms with E-state index in [1.807, 2.05) is 0 Å². The summed E-state index contributed by atoms with van der Waals surface area (Å²) in [6, 6.07) is 13.3. The largest absolute Gasteiger partial charge is 0.340 e. The number of benzene rings is 2. The van der Waals surface area contributed by atoms with Crippen molar-refractivity contribution in [1.82, 2.24) is 9.21 Å². The van der Waals surface area contributed by atoms with Gasteiger partial charge in [-0.1, -0.05) is 37.3 Å². The molecule has 0 aliphatic carbocycles. The number of rotatable bonds is 6. The van der Waals surface area contributed by atoms with Gasteiger partial charge in [0.1, 0.15) is 5.82 Å². The minimum absolute atomic E-state index is 0.0300. The first-order chi connectivity index (χ1) is 13.4. The molecule has 0 bridgehead atoms. The van der Waals surface area contributed by atoms with E-state index in [1.54, 1.807) is 4.90 Å². The first kappa shape index (κ1) is 20.5. The lowest BCUT2D eigenvalue weighted by atomic mass is 10.1. The summed E-state index contributed by atoms with van der Waals surface area (Å²) >= 11 is 0. The van der Waals surface area contributed by atoms with Gasteiger partial charge < -0.3 is 4.90 Å². The number of sulfonamides is 1. The molecule has 1 fully saturated rings. The smallest absolute Gasteiger partial charge is 0.243 e. The van der Waals surface area contributed by atoms with E-state index in [0.29, 0.717) is 25.9 Å². The van der Waals surface area contributed by atoms with Crippen molar-refractivity contribution in [2.45, 2.75) is 31.1 Å². The molecule has 1 amide bonds. The molecular weight excluding hydrogens is 379 g/mol. The van der Waals surface area contributed by atoms with E-state index < -0.39 is 15.8 Å². The van der Waals surface area contributed by atoms with Gasteiger partial charge in [0.2, 0.25) is 15.9 Å². The molecule has 3 rings (SSSR count). The summed E-state index contributed by atoms with van der Waals surface area (Å²) in [6.07, 6.45) is 2.06. The number of carbonyl (C=O) groups excluding carboxylic acids is 1. The number of amides is 1. The van der Waals surface area contributed by atoms with Crippen LogP contribution in [-0.4, -0.2) is 49.7 Å². The third-order valence-corrected chi connectivity index (χ3v) is 6.98. The molecule has 28 heavy (non-hydrogen) atoms. The van der Waals surface area contributed by atoms with Gasteiger partial charge in [0.15, 0.2) is 0 Å². The Kier molecular flexibility index (Phi) is 6.46. The third-order valence-electron chi connectivity index (χ3n) is 5.08. The maximum atomic E-state index is 13.4. The zero-order chi connectivity index (χ0) is 20.1. The number of hydrogen-bond acceptors (Lipinski definition) is 3. The van der Waals surface area contributed by atoms with E-state index in [4.69, 9.17) is 0 Å². The Morgan fingerprint density at radius 3 is 2.25 bits per heavy atom.